The van der Waals surface area contributed by atoms with Crippen LogP contribution < -0.4 is 0 Å². The Kier molecular flexibility index (Phi) is 10.7. The molecule has 2 radical (unpaired) electrons. The van der Waals surface area contributed by atoms with Crippen molar-refractivity contribution in [3.8, 4) is 0 Å². The van der Waals surface area contributed by atoms with Crippen LogP contribution in [-0.2, 0) is 10.7 Å². The molecule has 78 valence electrons. The maximum atomic E-state index is 3.46. The molecule has 0 nitrogen and oxygen atoms in total. The first-order valence-electron chi connectivity index (χ1n) is 4.32. The van der Waals surface area contributed by atoms with Crippen LogP contribution in [0.15, 0.2) is 24.3 Å². The number of benzene rings is 2. The first kappa shape index (κ1) is 18.4. The number of fused-ring (bicyclic) bond motifs is 1. The molecular formula is C12H8Br2Pr2-2. The Morgan fingerprint density at radius 3 is 1.50 bits per heavy atom. The molecule has 2 aromatic rings. The summed E-state index contributed by atoms with van der Waals surface area (Å²) in [7, 11) is 0. The van der Waals surface area contributed by atoms with Gasteiger partial charge in [0.15, 0.2) is 0 Å². The van der Waals surface area contributed by atoms with Crippen LogP contribution in [0.1, 0.15) is 11.1 Å². The van der Waals surface area contributed by atoms with E-state index in [2.05, 4.69) is 56.1 Å². The molecule has 0 aromatic heterocycles. The largest absolute Gasteiger partial charge is 0.241 e. The molecule has 0 aliphatic rings. The van der Waals surface area contributed by atoms with Gasteiger partial charge in [-0.25, -0.2) is 22.9 Å². The van der Waals surface area contributed by atoms with Crippen molar-refractivity contribution >= 4 is 42.6 Å². The summed E-state index contributed by atoms with van der Waals surface area (Å²) < 4.78 is 0. The summed E-state index contributed by atoms with van der Waals surface area (Å²) in [6.45, 7) is 0. The summed E-state index contributed by atoms with van der Waals surface area (Å²) in [6.07, 6.45) is 0. The molecule has 0 spiro atoms. The van der Waals surface area contributed by atoms with Crippen molar-refractivity contribution in [1.82, 2.24) is 0 Å². The Morgan fingerprint density at radius 2 is 1.19 bits per heavy atom. The zero-order chi connectivity index (χ0) is 9.97. The third kappa shape index (κ3) is 4.49. The minimum atomic E-state index is 0. The third-order valence-electron chi connectivity index (χ3n) is 2.13. The van der Waals surface area contributed by atoms with Gasteiger partial charge in [0.1, 0.15) is 0 Å². The molecule has 0 saturated carbocycles. The van der Waals surface area contributed by atoms with E-state index >= 15 is 0 Å². The quantitative estimate of drug-likeness (QED) is 0.361. The molecule has 0 heterocycles. The second-order valence-corrected chi connectivity index (χ2v) is 4.14. The van der Waals surface area contributed by atoms with Crippen molar-refractivity contribution in [2.75, 3.05) is 0 Å². The first-order valence-corrected chi connectivity index (χ1v) is 6.56. The van der Waals surface area contributed by atoms with E-state index in [0.717, 1.165) is 21.4 Å². The standard InChI is InChI=1S/C12H8Br2.2Pr/c13-7-11-5-9-3-1-2-4-10(9)6-12(11)8-14;;/h1-4H,7-8H2;;/q-2;;. The molecule has 0 fully saturated rings. The van der Waals surface area contributed by atoms with E-state index in [-0.39, 0.29) is 82.6 Å². The molecule has 0 bridgehead atoms. The second kappa shape index (κ2) is 9.32. The smallest absolute Gasteiger partial charge is 0 e. The van der Waals surface area contributed by atoms with Crippen molar-refractivity contribution in [1.29, 1.82) is 0 Å². The molecule has 0 unspecified atom stereocenters. The zero-order valence-electron chi connectivity index (χ0n) is 8.63. The van der Waals surface area contributed by atoms with E-state index in [1.54, 1.807) is 0 Å². The summed E-state index contributed by atoms with van der Waals surface area (Å²) in [5.41, 5.74) is 2.36. The fraction of sp³-hybridized carbons (Fsp3) is 0.167. The first-order chi connectivity index (χ1) is 6.85. The summed E-state index contributed by atoms with van der Waals surface area (Å²) >= 11 is 6.93. The van der Waals surface area contributed by atoms with Crippen LogP contribution in [-0.4, -0.2) is 0 Å². The summed E-state index contributed by atoms with van der Waals surface area (Å²) in [5.74, 6) is 0. The van der Waals surface area contributed by atoms with Gasteiger partial charge in [-0.15, -0.1) is 12.1 Å². The van der Waals surface area contributed by atoms with Crippen molar-refractivity contribution in [3.05, 3.63) is 47.5 Å². The molecule has 0 aliphatic carbocycles. The molecule has 2 rings (SSSR count). The van der Waals surface area contributed by atoms with Gasteiger partial charge in [-0.05, 0) is 10.7 Å². The van der Waals surface area contributed by atoms with Gasteiger partial charge in [-0.1, -0.05) is 31.9 Å². The van der Waals surface area contributed by atoms with E-state index < -0.39 is 0 Å². The Morgan fingerprint density at radius 1 is 0.812 bits per heavy atom. The Hall–Kier alpha value is 2.39. The summed E-state index contributed by atoms with van der Waals surface area (Å²) in [4.78, 5) is 0. The molecule has 16 heavy (non-hydrogen) atoms. The van der Waals surface area contributed by atoms with Gasteiger partial charge in [-0.3, -0.25) is 0 Å². The Bertz CT molecular complexity index is 415. The van der Waals surface area contributed by atoms with E-state index in [4.69, 9.17) is 0 Å². The van der Waals surface area contributed by atoms with E-state index in [9.17, 15) is 0 Å². The van der Waals surface area contributed by atoms with E-state index in [0.29, 0.717) is 0 Å². The predicted octanol–water partition coefficient (Wildman–Crippen LogP) is 4.23. The van der Waals surface area contributed by atoms with E-state index in [1.165, 1.54) is 11.1 Å². The summed E-state index contributed by atoms with van der Waals surface area (Å²) in [5, 5.41) is 3.92. The molecular weight excluding hydrogens is 586 g/mol. The number of hydrogen-bond donors (Lipinski definition) is 0. The molecule has 0 N–H and O–H groups in total. The van der Waals surface area contributed by atoms with Gasteiger partial charge in [0, 0.05) is 82.6 Å². The number of halogens is 2. The molecule has 4 heteroatoms. The third-order valence-corrected chi connectivity index (χ3v) is 3.25. The minimum absolute atomic E-state index is 0. The maximum absolute atomic E-state index is 3.46. The van der Waals surface area contributed by atoms with Crippen LogP contribution in [0.4, 0.5) is 0 Å². The fourth-order valence-corrected chi connectivity index (χ4v) is 2.36. The predicted molar refractivity (Wildman–Crippen MR) is 66.9 cm³/mol. The van der Waals surface area contributed by atoms with Crippen molar-refractivity contribution in [2.45, 2.75) is 10.7 Å². The van der Waals surface area contributed by atoms with Gasteiger partial charge in [0.2, 0.25) is 0 Å². The average Bonchev–Trinajstić information content (AvgIpc) is 2.27. The van der Waals surface area contributed by atoms with Crippen molar-refractivity contribution in [2.24, 2.45) is 0 Å². The van der Waals surface area contributed by atoms with Crippen LogP contribution in [0.3, 0.4) is 0 Å². The minimum Gasteiger partial charge on any atom is -0.241 e. The molecule has 0 aliphatic heterocycles. The van der Waals surface area contributed by atoms with Crippen LogP contribution in [0.25, 0.3) is 10.8 Å². The fourth-order valence-electron chi connectivity index (χ4n) is 1.41. The number of hydrogen-bond acceptors (Lipinski definition) is 0. The van der Waals surface area contributed by atoms with Gasteiger partial charge in [0.25, 0.3) is 0 Å². The second-order valence-electron chi connectivity index (χ2n) is 3.02. The van der Waals surface area contributed by atoms with Gasteiger partial charge in [-0.2, -0.15) is 23.3 Å². The van der Waals surface area contributed by atoms with Gasteiger partial charge < -0.3 is 0 Å². The molecule has 2 aromatic carbocycles. The van der Waals surface area contributed by atoms with Crippen LogP contribution >= 0.6 is 31.9 Å². The SMILES string of the molecule is BrCc1[c-]c2ccccc2[c-]c1CBr.[Pr].[Pr]. The number of alkyl halides is 2. The molecule has 0 amide bonds. The van der Waals surface area contributed by atoms with Crippen LogP contribution in [0.2, 0.25) is 0 Å². The zero-order valence-corrected chi connectivity index (χ0v) is 19.2. The normalized spacial score (nSPS) is 9.38. The van der Waals surface area contributed by atoms with Crippen molar-refractivity contribution < 1.29 is 82.6 Å². The van der Waals surface area contributed by atoms with Crippen LogP contribution in [0.5, 0.6) is 0 Å². The average molecular weight is 594 g/mol. The van der Waals surface area contributed by atoms with E-state index in [1.807, 2.05) is 12.1 Å². The molecule has 0 saturated heterocycles. The Balaban J connectivity index is 0.00000112. The van der Waals surface area contributed by atoms with Gasteiger partial charge >= 0.3 is 0 Å². The summed E-state index contributed by atoms with van der Waals surface area (Å²) in [6, 6.07) is 15.0. The number of rotatable bonds is 2. The molecule has 0 atom stereocenters. The topological polar surface area (TPSA) is 0 Å². The van der Waals surface area contributed by atoms with Crippen molar-refractivity contribution in [3.63, 3.8) is 0 Å². The monoisotopic (exact) mass is 592 g/mol. The van der Waals surface area contributed by atoms with Gasteiger partial charge in [0.05, 0.1) is 0 Å². The van der Waals surface area contributed by atoms with Crippen LogP contribution in [0, 0.1) is 94.7 Å². The maximum Gasteiger partial charge on any atom is 0 e. The Labute approximate surface area is 179 Å².